The van der Waals surface area contributed by atoms with Crippen molar-refractivity contribution in [2.24, 2.45) is 7.05 Å². The van der Waals surface area contributed by atoms with Crippen LogP contribution in [-0.2, 0) is 13.6 Å². The van der Waals surface area contributed by atoms with E-state index in [2.05, 4.69) is 41.5 Å². The highest BCUT2D eigenvalue weighted by Crippen LogP contribution is 2.15. The third-order valence-electron chi connectivity index (χ3n) is 3.16. The normalized spacial score (nSPS) is 10.9. The van der Waals surface area contributed by atoms with Crippen LogP contribution in [0.1, 0.15) is 12.0 Å². The summed E-state index contributed by atoms with van der Waals surface area (Å²) in [5.74, 6) is 1.72. The highest BCUT2D eigenvalue weighted by atomic mass is 16.5. The molecule has 2 N–H and O–H groups in total. The van der Waals surface area contributed by atoms with Gasteiger partial charge in [-0.1, -0.05) is 12.1 Å². The first-order chi connectivity index (χ1) is 10.5. The van der Waals surface area contributed by atoms with Gasteiger partial charge in [-0.05, 0) is 38.2 Å². The molecule has 0 fully saturated rings. The molecule has 0 saturated carbocycles. The van der Waals surface area contributed by atoms with Crippen LogP contribution < -0.4 is 10.1 Å². The molecule has 0 atom stereocenters. The van der Waals surface area contributed by atoms with Crippen molar-refractivity contribution in [1.82, 2.24) is 14.7 Å². The molecule has 0 radical (unpaired) electrons. The summed E-state index contributed by atoms with van der Waals surface area (Å²) in [7, 11) is 5.89. The van der Waals surface area contributed by atoms with Crippen LogP contribution in [-0.4, -0.2) is 47.0 Å². The summed E-state index contributed by atoms with van der Waals surface area (Å²) in [6, 6.07) is 9.78. The van der Waals surface area contributed by atoms with Gasteiger partial charge in [-0.15, -0.1) is 5.10 Å². The summed E-state index contributed by atoms with van der Waals surface area (Å²) in [5, 5.41) is 16.4. The van der Waals surface area contributed by atoms with Gasteiger partial charge < -0.3 is 20.1 Å². The second-order valence-corrected chi connectivity index (χ2v) is 5.53. The summed E-state index contributed by atoms with van der Waals surface area (Å²) in [6.45, 7) is 2.31. The first-order valence-electron chi connectivity index (χ1n) is 7.38. The molecule has 120 valence electrons. The highest BCUT2D eigenvalue weighted by Gasteiger charge is 2.02. The van der Waals surface area contributed by atoms with Crippen LogP contribution in [0.15, 0.2) is 30.3 Å². The van der Waals surface area contributed by atoms with Gasteiger partial charge in [0.15, 0.2) is 0 Å². The van der Waals surface area contributed by atoms with E-state index in [0.717, 1.165) is 31.1 Å². The van der Waals surface area contributed by atoms with E-state index in [9.17, 15) is 5.11 Å². The third kappa shape index (κ3) is 4.96. The Labute approximate surface area is 131 Å². The Bertz CT molecular complexity index is 596. The first-order valence-corrected chi connectivity index (χ1v) is 7.38. The van der Waals surface area contributed by atoms with E-state index in [-0.39, 0.29) is 5.88 Å². The Morgan fingerprint density at radius 2 is 2.14 bits per heavy atom. The molecule has 22 heavy (non-hydrogen) atoms. The standard InChI is InChI=1S/C16H24N4O2/c1-19(2)12-13-6-4-7-14(10-13)22-9-5-8-17-15-11-16(21)18-20(15)3/h4,6-7,10-11,17H,5,8-9,12H2,1-3H3,(H,18,21). The molecule has 2 aromatic rings. The molecule has 0 amide bonds. The van der Waals surface area contributed by atoms with Crippen LogP contribution in [0, 0.1) is 0 Å². The third-order valence-corrected chi connectivity index (χ3v) is 3.16. The SMILES string of the molecule is CN(C)Cc1cccc(OCCCNc2cc(O)nn2C)c1. The Morgan fingerprint density at radius 1 is 1.32 bits per heavy atom. The number of nitrogens with zero attached hydrogens (tertiary/aromatic N) is 3. The highest BCUT2D eigenvalue weighted by molar-refractivity contribution is 5.38. The van der Waals surface area contributed by atoms with E-state index < -0.39 is 0 Å². The number of hydrogen-bond donors (Lipinski definition) is 2. The van der Waals surface area contributed by atoms with E-state index in [1.807, 2.05) is 12.1 Å². The molecule has 0 aliphatic carbocycles. The number of anilines is 1. The van der Waals surface area contributed by atoms with Crippen molar-refractivity contribution in [2.75, 3.05) is 32.6 Å². The Morgan fingerprint density at radius 3 is 2.82 bits per heavy atom. The Balaban J connectivity index is 1.71. The molecule has 6 nitrogen and oxygen atoms in total. The van der Waals surface area contributed by atoms with E-state index in [1.165, 1.54) is 5.56 Å². The van der Waals surface area contributed by atoms with Gasteiger partial charge >= 0.3 is 0 Å². The van der Waals surface area contributed by atoms with Gasteiger partial charge in [-0.2, -0.15) is 0 Å². The molecule has 1 aromatic carbocycles. The molecular formula is C16H24N4O2. The molecule has 1 heterocycles. The molecule has 0 bridgehead atoms. The fourth-order valence-electron chi connectivity index (χ4n) is 2.19. The fourth-order valence-corrected chi connectivity index (χ4v) is 2.19. The van der Waals surface area contributed by atoms with Gasteiger partial charge in [-0.3, -0.25) is 0 Å². The molecule has 1 aromatic heterocycles. The van der Waals surface area contributed by atoms with Gasteiger partial charge in [0.25, 0.3) is 0 Å². The number of aromatic nitrogens is 2. The number of nitrogens with one attached hydrogen (secondary N) is 1. The van der Waals surface area contributed by atoms with Gasteiger partial charge in [-0.25, -0.2) is 4.68 Å². The van der Waals surface area contributed by atoms with Gasteiger partial charge in [0.2, 0.25) is 5.88 Å². The van der Waals surface area contributed by atoms with Crippen molar-refractivity contribution in [3.63, 3.8) is 0 Å². The zero-order valence-electron chi connectivity index (χ0n) is 13.4. The number of rotatable bonds is 8. The second-order valence-electron chi connectivity index (χ2n) is 5.53. The van der Waals surface area contributed by atoms with E-state index in [0.29, 0.717) is 6.61 Å². The number of hydrogen-bond acceptors (Lipinski definition) is 5. The minimum absolute atomic E-state index is 0.0268. The summed E-state index contributed by atoms with van der Waals surface area (Å²) in [4.78, 5) is 2.13. The van der Waals surface area contributed by atoms with Crippen LogP contribution >= 0.6 is 0 Å². The summed E-state index contributed by atoms with van der Waals surface area (Å²) >= 11 is 0. The van der Waals surface area contributed by atoms with Crippen molar-refractivity contribution < 1.29 is 9.84 Å². The van der Waals surface area contributed by atoms with E-state index in [1.54, 1.807) is 17.8 Å². The largest absolute Gasteiger partial charge is 0.494 e. The predicted octanol–water partition coefficient (Wildman–Crippen LogP) is 2.07. The lowest BCUT2D eigenvalue weighted by molar-refractivity contribution is 0.313. The minimum Gasteiger partial charge on any atom is -0.494 e. The van der Waals surface area contributed by atoms with Crippen LogP contribution in [0.3, 0.4) is 0 Å². The maximum Gasteiger partial charge on any atom is 0.232 e. The monoisotopic (exact) mass is 304 g/mol. The zero-order chi connectivity index (χ0) is 15.9. The van der Waals surface area contributed by atoms with Crippen molar-refractivity contribution in [3.05, 3.63) is 35.9 Å². The van der Waals surface area contributed by atoms with Crippen LogP contribution in [0.4, 0.5) is 5.82 Å². The maximum absolute atomic E-state index is 9.27. The average Bonchev–Trinajstić information content (AvgIpc) is 2.76. The van der Waals surface area contributed by atoms with Gasteiger partial charge in [0, 0.05) is 26.2 Å². The summed E-state index contributed by atoms with van der Waals surface area (Å²) < 4.78 is 7.38. The number of ether oxygens (including phenoxy) is 1. The van der Waals surface area contributed by atoms with E-state index in [4.69, 9.17) is 4.74 Å². The number of aryl methyl sites for hydroxylation is 1. The lowest BCUT2D eigenvalue weighted by atomic mass is 10.2. The number of benzene rings is 1. The van der Waals surface area contributed by atoms with Crippen LogP contribution in [0.25, 0.3) is 0 Å². The Hall–Kier alpha value is -2.21. The molecule has 0 aliphatic rings. The topological polar surface area (TPSA) is 62.6 Å². The predicted molar refractivity (Wildman–Crippen MR) is 87.3 cm³/mol. The molecule has 0 unspecified atom stereocenters. The maximum atomic E-state index is 9.27. The van der Waals surface area contributed by atoms with Gasteiger partial charge in [0.05, 0.1) is 6.61 Å². The van der Waals surface area contributed by atoms with Crippen molar-refractivity contribution >= 4 is 5.82 Å². The van der Waals surface area contributed by atoms with Gasteiger partial charge in [0.1, 0.15) is 11.6 Å². The van der Waals surface area contributed by atoms with E-state index >= 15 is 0 Å². The van der Waals surface area contributed by atoms with Crippen LogP contribution in [0.2, 0.25) is 0 Å². The summed E-state index contributed by atoms with van der Waals surface area (Å²) in [5.41, 5.74) is 1.24. The average molecular weight is 304 g/mol. The molecule has 0 aliphatic heterocycles. The zero-order valence-corrected chi connectivity index (χ0v) is 13.4. The number of aromatic hydroxyl groups is 1. The lowest BCUT2D eigenvalue weighted by Crippen LogP contribution is -2.11. The molecule has 0 spiro atoms. The molecule has 6 heteroatoms. The van der Waals surface area contributed by atoms with Crippen molar-refractivity contribution in [2.45, 2.75) is 13.0 Å². The van der Waals surface area contributed by atoms with Crippen molar-refractivity contribution in [3.8, 4) is 11.6 Å². The first kappa shape index (κ1) is 16.2. The second kappa shape index (κ2) is 7.70. The minimum atomic E-state index is 0.0268. The fraction of sp³-hybridized carbons (Fsp3) is 0.438. The van der Waals surface area contributed by atoms with Crippen LogP contribution in [0.5, 0.6) is 11.6 Å². The Kier molecular flexibility index (Phi) is 5.66. The van der Waals surface area contributed by atoms with Crippen molar-refractivity contribution in [1.29, 1.82) is 0 Å². The molecule has 0 saturated heterocycles. The quantitative estimate of drug-likeness (QED) is 0.731. The molecule has 2 rings (SSSR count). The smallest absolute Gasteiger partial charge is 0.232 e. The lowest BCUT2D eigenvalue weighted by Gasteiger charge is -2.12. The summed E-state index contributed by atoms with van der Waals surface area (Å²) in [6.07, 6.45) is 0.865. The molecular weight excluding hydrogens is 280 g/mol.